The highest BCUT2D eigenvalue weighted by molar-refractivity contribution is 7.09. The maximum absolute atomic E-state index is 13.3. The van der Waals surface area contributed by atoms with Crippen LogP contribution in [0.4, 0.5) is 0 Å². The first-order valence-electron chi connectivity index (χ1n) is 12.9. The van der Waals surface area contributed by atoms with Crippen LogP contribution in [0.1, 0.15) is 49.0 Å². The maximum atomic E-state index is 13.3. The number of ether oxygens (including phenoxy) is 3. The van der Waals surface area contributed by atoms with Gasteiger partial charge in [-0.1, -0.05) is 19.9 Å². The topological polar surface area (TPSA) is 107 Å². The van der Waals surface area contributed by atoms with Crippen LogP contribution >= 0.6 is 11.3 Å². The zero-order chi connectivity index (χ0) is 26.6. The molecular weight excluding hydrogens is 504 g/mol. The van der Waals surface area contributed by atoms with E-state index in [-0.39, 0.29) is 23.6 Å². The Bertz CT molecular complexity index is 1410. The molecule has 1 fully saturated rings. The Hall–Kier alpha value is -3.28. The number of aromatic nitrogens is 5. The number of benzene rings is 1. The number of hydrogen-bond acceptors (Lipinski definition) is 9. The summed E-state index contributed by atoms with van der Waals surface area (Å²) in [5, 5.41) is 15.8. The van der Waals surface area contributed by atoms with Crippen molar-refractivity contribution in [2.75, 3.05) is 20.8 Å². The van der Waals surface area contributed by atoms with Crippen LogP contribution in [0.25, 0.3) is 10.9 Å². The van der Waals surface area contributed by atoms with Crippen LogP contribution < -0.4 is 15.0 Å². The summed E-state index contributed by atoms with van der Waals surface area (Å²) >= 11 is 1.70. The standard InChI is InChI=1S/C27H34N6O4S/c1-17(2)25(26-29-30-31-33(26)15-20-7-5-9-37-20)32(16-21-8-6-10-38-21)14-19-11-18-12-23(35-3)24(36-4)13-22(18)28-27(19)34/h6,8,10-13,17,20,25H,5,7,9,14-16H2,1-4H3,(H,28,34). The molecule has 1 aromatic carbocycles. The highest BCUT2D eigenvalue weighted by atomic mass is 32.1. The molecule has 38 heavy (non-hydrogen) atoms. The van der Waals surface area contributed by atoms with Gasteiger partial charge in [0.1, 0.15) is 0 Å². The fourth-order valence-corrected chi connectivity index (χ4v) is 5.92. The molecule has 11 heteroatoms. The first-order valence-corrected chi connectivity index (χ1v) is 13.8. The van der Waals surface area contributed by atoms with Gasteiger partial charge >= 0.3 is 0 Å². The zero-order valence-electron chi connectivity index (χ0n) is 22.2. The lowest BCUT2D eigenvalue weighted by Crippen LogP contribution is -2.35. The number of nitrogens with one attached hydrogen (secondary N) is 1. The van der Waals surface area contributed by atoms with Gasteiger partial charge < -0.3 is 19.2 Å². The summed E-state index contributed by atoms with van der Waals surface area (Å²) in [5.74, 6) is 2.16. The summed E-state index contributed by atoms with van der Waals surface area (Å²) in [6, 6.07) is 9.66. The Morgan fingerprint density at radius 2 is 2.03 bits per heavy atom. The van der Waals surface area contributed by atoms with Crippen molar-refractivity contribution >= 4 is 22.2 Å². The number of tetrazole rings is 1. The average molecular weight is 539 g/mol. The summed E-state index contributed by atoms with van der Waals surface area (Å²) in [6.07, 6.45) is 2.18. The predicted molar refractivity (Wildman–Crippen MR) is 146 cm³/mol. The van der Waals surface area contributed by atoms with E-state index in [1.165, 1.54) is 4.88 Å². The van der Waals surface area contributed by atoms with E-state index in [1.54, 1.807) is 31.6 Å². The van der Waals surface area contributed by atoms with E-state index in [0.717, 1.165) is 30.7 Å². The molecule has 202 valence electrons. The average Bonchev–Trinajstić information content (AvgIpc) is 3.69. The van der Waals surface area contributed by atoms with Gasteiger partial charge in [-0.25, -0.2) is 4.68 Å². The van der Waals surface area contributed by atoms with E-state index in [1.807, 2.05) is 22.9 Å². The second-order valence-corrected chi connectivity index (χ2v) is 11.0. The Labute approximate surface area is 225 Å². The summed E-state index contributed by atoms with van der Waals surface area (Å²) < 4.78 is 18.6. The van der Waals surface area contributed by atoms with Gasteiger partial charge in [0, 0.05) is 41.6 Å². The van der Waals surface area contributed by atoms with Crippen molar-refractivity contribution in [2.45, 2.75) is 58.5 Å². The van der Waals surface area contributed by atoms with Crippen molar-refractivity contribution in [3.8, 4) is 11.5 Å². The van der Waals surface area contributed by atoms with Crippen molar-refractivity contribution in [3.05, 3.63) is 62.3 Å². The number of fused-ring (bicyclic) bond motifs is 1. The number of aromatic amines is 1. The molecular formula is C27H34N6O4S. The van der Waals surface area contributed by atoms with Crippen LogP contribution in [0.15, 0.2) is 40.5 Å². The van der Waals surface area contributed by atoms with Gasteiger partial charge in [-0.2, -0.15) is 0 Å². The molecule has 1 N–H and O–H groups in total. The summed E-state index contributed by atoms with van der Waals surface area (Å²) in [5.41, 5.74) is 1.22. The minimum Gasteiger partial charge on any atom is -0.493 e. The third kappa shape index (κ3) is 5.59. The lowest BCUT2D eigenvalue weighted by atomic mass is 10.00. The van der Waals surface area contributed by atoms with Gasteiger partial charge in [0.2, 0.25) is 0 Å². The number of hydrogen-bond donors (Lipinski definition) is 1. The second-order valence-electron chi connectivity index (χ2n) is 9.95. The van der Waals surface area contributed by atoms with Crippen LogP contribution in [0.2, 0.25) is 0 Å². The highest BCUT2D eigenvalue weighted by Crippen LogP contribution is 2.33. The molecule has 1 saturated heterocycles. The Morgan fingerprint density at radius 1 is 1.21 bits per heavy atom. The van der Waals surface area contributed by atoms with Crippen molar-refractivity contribution in [1.29, 1.82) is 0 Å². The molecule has 1 aliphatic heterocycles. The quantitative estimate of drug-likeness (QED) is 0.303. The zero-order valence-corrected chi connectivity index (χ0v) is 23.0. The maximum Gasteiger partial charge on any atom is 0.252 e. The lowest BCUT2D eigenvalue weighted by Gasteiger charge is -2.33. The van der Waals surface area contributed by atoms with E-state index >= 15 is 0 Å². The number of pyridine rings is 1. The van der Waals surface area contributed by atoms with Gasteiger partial charge in [0.25, 0.3) is 5.56 Å². The van der Waals surface area contributed by atoms with Crippen LogP contribution in [-0.2, 0) is 24.4 Å². The second kappa shape index (κ2) is 11.6. The molecule has 0 amide bonds. The molecule has 5 rings (SSSR count). The summed E-state index contributed by atoms with van der Waals surface area (Å²) in [7, 11) is 3.18. The lowest BCUT2D eigenvalue weighted by molar-refractivity contribution is 0.0853. The van der Waals surface area contributed by atoms with Gasteiger partial charge in [0.15, 0.2) is 17.3 Å². The number of methoxy groups -OCH3 is 2. The minimum absolute atomic E-state index is 0.117. The van der Waals surface area contributed by atoms with Crippen molar-refractivity contribution < 1.29 is 14.2 Å². The van der Waals surface area contributed by atoms with Crippen LogP contribution in [0.5, 0.6) is 11.5 Å². The molecule has 4 heterocycles. The van der Waals surface area contributed by atoms with E-state index in [4.69, 9.17) is 14.2 Å². The minimum atomic E-state index is -0.137. The molecule has 3 aromatic heterocycles. The largest absolute Gasteiger partial charge is 0.493 e. The van der Waals surface area contributed by atoms with Crippen LogP contribution in [-0.4, -0.2) is 57.0 Å². The number of thiophene rings is 1. The fourth-order valence-electron chi connectivity index (χ4n) is 5.19. The molecule has 2 atom stereocenters. The van der Waals surface area contributed by atoms with E-state index in [2.05, 4.69) is 50.7 Å². The monoisotopic (exact) mass is 538 g/mol. The molecule has 10 nitrogen and oxygen atoms in total. The van der Waals surface area contributed by atoms with Gasteiger partial charge in [-0.15, -0.1) is 16.4 Å². The van der Waals surface area contributed by atoms with Crippen LogP contribution in [0.3, 0.4) is 0 Å². The molecule has 0 spiro atoms. The molecule has 0 saturated carbocycles. The van der Waals surface area contributed by atoms with Crippen molar-refractivity contribution in [3.63, 3.8) is 0 Å². The third-order valence-electron chi connectivity index (χ3n) is 6.99. The summed E-state index contributed by atoms with van der Waals surface area (Å²) in [4.78, 5) is 19.8. The van der Waals surface area contributed by atoms with E-state index in [9.17, 15) is 4.79 Å². The Kier molecular flexibility index (Phi) is 8.06. The Balaban J connectivity index is 1.52. The van der Waals surface area contributed by atoms with E-state index < -0.39 is 0 Å². The van der Waals surface area contributed by atoms with Crippen molar-refractivity contribution in [1.82, 2.24) is 30.1 Å². The number of H-pyrrole nitrogens is 1. The third-order valence-corrected chi connectivity index (χ3v) is 7.85. The molecule has 0 radical (unpaired) electrons. The number of nitrogens with zero attached hydrogens (tertiary/aromatic N) is 5. The normalized spacial score (nSPS) is 16.5. The number of rotatable bonds is 11. The van der Waals surface area contributed by atoms with Gasteiger partial charge in [-0.05, 0) is 52.8 Å². The van der Waals surface area contributed by atoms with Crippen molar-refractivity contribution in [2.24, 2.45) is 5.92 Å². The Morgan fingerprint density at radius 3 is 2.71 bits per heavy atom. The van der Waals surface area contributed by atoms with Crippen LogP contribution in [0, 0.1) is 5.92 Å². The van der Waals surface area contributed by atoms with Gasteiger partial charge in [-0.3, -0.25) is 9.69 Å². The molecule has 4 aromatic rings. The van der Waals surface area contributed by atoms with Gasteiger partial charge in [0.05, 0.1) is 38.4 Å². The smallest absolute Gasteiger partial charge is 0.252 e. The van der Waals surface area contributed by atoms with E-state index in [0.29, 0.717) is 42.2 Å². The SMILES string of the molecule is COc1cc2cc(CN(Cc3cccs3)C(c3nnnn3CC3CCCO3)C(C)C)c(=O)[nH]c2cc1OC. The molecule has 0 aliphatic carbocycles. The predicted octanol–water partition coefficient (Wildman–Crippen LogP) is 4.17. The molecule has 2 unspecified atom stereocenters. The molecule has 1 aliphatic rings. The molecule has 0 bridgehead atoms. The fraction of sp³-hybridized carbons (Fsp3) is 0.481. The summed E-state index contributed by atoms with van der Waals surface area (Å²) in [6.45, 7) is 6.82. The first kappa shape index (κ1) is 26.3. The highest BCUT2D eigenvalue weighted by Gasteiger charge is 2.31. The first-order chi connectivity index (χ1) is 18.5.